The highest BCUT2D eigenvalue weighted by Crippen LogP contribution is 2.43. The van der Waals surface area contributed by atoms with E-state index in [2.05, 4.69) is 5.10 Å². The van der Waals surface area contributed by atoms with E-state index >= 15 is 0 Å². The van der Waals surface area contributed by atoms with E-state index in [1.54, 1.807) is 11.7 Å². The van der Waals surface area contributed by atoms with Gasteiger partial charge in [0.15, 0.2) is 0 Å². The van der Waals surface area contributed by atoms with Crippen molar-refractivity contribution in [1.29, 1.82) is 0 Å². The summed E-state index contributed by atoms with van der Waals surface area (Å²) in [6.07, 6.45) is 2.97. The highest BCUT2D eigenvalue weighted by Gasteiger charge is 2.42. The van der Waals surface area contributed by atoms with E-state index in [0.717, 1.165) is 50.2 Å². The SMILES string of the molecule is Cc1nn(C)c(Cl)c1C(O)C1CCOC2(CCOCC2)C1. The predicted molar refractivity (Wildman–Crippen MR) is 79.4 cm³/mol. The summed E-state index contributed by atoms with van der Waals surface area (Å²) in [5.41, 5.74) is 1.46. The van der Waals surface area contributed by atoms with E-state index in [9.17, 15) is 5.11 Å². The van der Waals surface area contributed by atoms with Crippen molar-refractivity contribution in [3.63, 3.8) is 0 Å². The molecule has 2 aliphatic heterocycles. The first-order chi connectivity index (χ1) is 10.0. The van der Waals surface area contributed by atoms with Crippen molar-refractivity contribution in [2.24, 2.45) is 13.0 Å². The Morgan fingerprint density at radius 2 is 2.10 bits per heavy atom. The summed E-state index contributed by atoms with van der Waals surface area (Å²) in [5.74, 6) is 0.164. The molecule has 1 aromatic rings. The van der Waals surface area contributed by atoms with Gasteiger partial charge in [0, 0.05) is 32.4 Å². The first-order valence-corrected chi connectivity index (χ1v) is 7.99. The second kappa shape index (κ2) is 5.88. The molecule has 2 unspecified atom stereocenters. The molecule has 2 atom stereocenters. The Morgan fingerprint density at radius 3 is 2.71 bits per heavy atom. The number of rotatable bonds is 2. The number of hydrogen-bond acceptors (Lipinski definition) is 4. The summed E-state index contributed by atoms with van der Waals surface area (Å²) in [5, 5.41) is 15.6. The Hall–Kier alpha value is -0.620. The van der Waals surface area contributed by atoms with E-state index in [1.807, 2.05) is 6.92 Å². The van der Waals surface area contributed by atoms with Crippen LogP contribution in [0.3, 0.4) is 0 Å². The molecule has 3 rings (SSSR count). The van der Waals surface area contributed by atoms with Crippen molar-refractivity contribution < 1.29 is 14.6 Å². The third-order valence-corrected chi connectivity index (χ3v) is 5.32. The van der Waals surface area contributed by atoms with Crippen molar-refractivity contribution >= 4 is 11.6 Å². The average molecular weight is 315 g/mol. The lowest BCUT2D eigenvalue weighted by molar-refractivity contribution is -0.159. The smallest absolute Gasteiger partial charge is 0.132 e. The number of hydrogen-bond donors (Lipinski definition) is 1. The Balaban J connectivity index is 1.79. The Bertz CT molecular complexity index is 506. The number of aliphatic hydroxyl groups is 1. The fraction of sp³-hybridized carbons (Fsp3) is 0.800. The van der Waals surface area contributed by atoms with E-state index in [1.165, 1.54) is 0 Å². The third kappa shape index (κ3) is 2.84. The molecule has 0 bridgehead atoms. The third-order valence-electron chi connectivity index (χ3n) is 4.87. The summed E-state index contributed by atoms with van der Waals surface area (Å²) < 4.78 is 13.1. The molecule has 118 valence electrons. The van der Waals surface area contributed by atoms with Crippen LogP contribution in [0.4, 0.5) is 0 Å². The van der Waals surface area contributed by atoms with Crippen molar-refractivity contribution in [3.05, 3.63) is 16.4 Å². The van der Waals surface area contributed by atoms with E-state index in [-0.39, 0.29) is 11.5 Å². The van der Waals surface area contributed by atoms with Crippen LogP contribution in [0.1, 0.15) is 43.0 Å². The molecule has 3 heterocycles. The van der Waals surface area contributed by atoms with Crippen LogP contribution in [0.25, 0.3) is 0 Å². The van der Waals surface area contributed by atoms with Crippen LogP contribution in [0.2, 0.25) is 5.15 Å². The largest absolute Gasteiger partial charge is 0.388 e. The molecule has 0 saturated carbocycles. The van der Waals surface area contributed by atoms with Gasteiger partial charge in [0.25, 0.3) is 0 Å². The number of aryl methyl sites for hydroxylation is 2. The van der Waals surface area contributed by atoms with Crippen LogP contribution in [0.5, 0.6) is 0 Å². The maximum absolute atomic E-state index is 10.8. The second-order valence-electron chi connectivity index (χ2n) is 6.26. The van der Waals surface area contributed by atoms with Gasteiger partial charge >= 0.3 is 0 Å². The zero-order valence-electron chi connectivity index (χ0n) is 12.6. The summed E-state index contributed by atoms with van der Waals surface area (Å²) in [7, 11) is 1.80. The topological polar surface area (TPSA) is 56.5 Å². The van der Waals surface area contributed by atoms with E-state index < -0.39 is 6.10 Å². The van der Waals surface area contributed by atoms with Crippen LogP contribution in [0.15, 0.2) is 0 Å². The average Bonchev–Trinajstić information content (AvgIpc) is 2.72. The molecule has 2 aliphatic rings. The maximum atomic E-state index is 10.8. The van der Waals surface area contributed by atoms with Gasteiger partial charge in [0.2, 0.25) is 0 Å². The summed E-state index contributed by atoms with van der Waals surface area (Å²) in [6, 6.07) is 0. The maximum Gasteiger partial charge on any atom is 0.132 e. The first kappa shape index (κ1) is 15.3. The molecule has 0 aromatic carbocycles. The van der Waals surface area contributed by atoms with Crippen LogP contribution in [-0.2, 0) is 16.5 Å². The van der Waals surface area contributed by atoms with Crippen molar-refractivity contribution in [3.8, 4) is 0 Å². The minimum atomic E-state index is -0.574. The van der Waals surface area contributed by atoms with Gasteiger partial charge in [0.1, 0.15) is 5.15 Å². The number of nitrogens with zero attached hydrogens (tertiary/aromatic N) is 2. The fourth-order valence-electron chi connectivity index (χ4n) is 3.65. The molecular formula is C15H23ClN2O3. The van der Waals surface area contributed by atoms with Crippen molar-refractivity contribution in [2.45, 2.75) is 44.3 Å². The molecule has 1 aromatic heterocycles. The molecule has 5 nitrogen and oxygen atoms in total. The second-order valence-corrected chi connectivity index (χ2v) is 6.61. The molecule has 2 saturated heterocycles. The standard InChI is InChI=1S/C15H23ClN2O3/c1-10-12(14(16)18(2)17-10)13(19)11-3-6-21-15(9-11)4-7-20-8-5-15/h11,13,19H,3-9H2,1-2H3. The van der Waals surface area contributed by atoms with Gasteiger partial charge in [-0.2, -0.15) is 5.10 Å². The van der Waals surface area contributed by atoms with Gasteiger partial charge < -0.3 is 14.6 Å². The normalized spacial score (nSPS) is 27.0. The number of ether oxygens (including phenoxy) is 2. The fourth-order valence-corrected chi connectivity index (χ4v) is 3.93. The Kier molecular flexibility index (Phi) is 4.28. The first-order valence-electron chi connectivity index (χ1n) is 7.61. The predicted octanol–water partition coefficient (Wildman–Crippen LogP) is 2.39. The number of aliphatic hydroxyl groups excluding tert-OH is 1. The lowest BCUT2D eigenvalue weighted by Gasteiger charge is -2.44. The molecular weight excluding hydrogens is 292 g/mol. The van der Waals surface area contributed by atoms with Gasteiger partial charge in [-0.05, 0) is 38.5 Å². The molecule has 1 spiro atoms. The molecule has 0 amide bonds. The monoisotopic (exact) mass is 314 g/mol. The number of halogens is 1. The Morgan fingerprint density at radius 1 is 1.38 bits per heavy atom. The van der Waals surface area contributed by atoms with Crippen LogP contribution < -0.4 is 0 Å². The molecule has 6 heteroatoms. The quantitative estimate of drug-likeness (QED) is 0.910. The van der Waals surface area contributed by atoms with Gasteiger partial charge in [-0.3, -0.25) is 4.68 Å². The van der Waals surface area contributed by atoms with Crippen molar-refractivity contribution in [1.82, 2.24) is 9.78 Å². The van der Waals surface area contributed by atoms with Gasteiger partial charge in [-0.15, -0.1) is 0 Å². The van der Waals surface area contributed by atoms with Crippen LogP contribution >= 0.6 is 11.6 Å². The molecule has 21 heavy (non-hydrogen) atoms. The highest BCUT2D eigenvalue weighted by molar-refractivity contribution is 6.30. The van der Waals surface area contributed by atoms with Crippen LogP contribution in [-0.4, -0.2) is 40.3 Å². The summed E-state index contributed by atoms with van der Waals surface area (Å²) in [6.45, 7) is 4.08. The molecule has 0 radical (unpaired) electrons. The minimum Gasteiger partial charge on any atom is -0.388 e. The zero-order valence-corrected chi connectivity index (χ0v) is 13.4. The zero-order chi connectivity index (χ0) is 15.0. The minimum absolute atomic E-state index is 0.120. The Labute approximate surface area is 130 Å². The van der Waals surface area contributed by atoms with Crippen LogP contribution in [0, 0.1) is 12.8 Å². The van der Waals surface area contributed by atoms with Gasteiger partial charge in [0.05, 0.1) is 17.4 Å². The number of aromatic nitrogens is 2. The molecule has 1 N–H and O–H groups in total. The van der Waals surface area contributed by atoms with E-state index in [0.29, 0.717) is 11.8 Å². The van der Waals surface area contributed by atoms with Crippen molar-refractivity contribution in [2.75, 3.05) is 19.8 Å². The van der Waals surface area contributed by atoms with Gasteiger partial charge in [-0.1, -0.05) is 11.6 Å². The lowest BCUT2D eigenvalue weighted by atomic mass is 9.77. The summed E-state index contributed by atoms with van der Waals surface area (Å²) >= 11 is 6.29. The lowest BCUT2D eigenvalue weighted by Crippen LogP contribution is -2.45. The highest BCUT2D eigenvalue weighted by atomic mass is 35.5. The summed E-state index contributed by atoms with van der Waals surface area (Å²) in [4.78, 5) is 0. The molecule has 2 fully saturated rings. The molecule has 0 aliphatic carbocycles. The van der Waals surface area contributed by atoms with Gasteiger partial charge in [-0.25, -0.2) is 0 Å². The van der Waals surface area contributed by atoms with E-state index in [4.69, 9.17) is 21.1 Å².